The molecule has 0 bridgehead atoms. The molecule has 1 heterocycles. The van der Waals surface area contributed by atoms with Crippen LogP contribution in [0.3, 0.4) is 0 Å². The number of nitrogens with one attached hydrogen (secondary N) is 1. The van der Waals surface area contributed by atoms with Crippen molar-refractivity contribution in [1.29, 1.82) is 0 Å². The minimum atomic E-state index is -1.25. The van der Waals surface area contributed by atoms with Crippen molar-refractivity contribution in [2.45, 2.75) is 26.7 Å². The number of hydrogen-bond donors (Lipinski definition) is 2. The Kier molecular flexibility index (Phi) is 4.92. The standard InChI is InChI=1S/C17H20N2O5/c1-9(2)12-6-11(10(3)5-14(12)24-4)7-13-16(22)19(8-15(20)21)17(23)18-13/h5-7,9H,8H2,1-4H3,(H,18,23)(H,20,21)/b13-7+. The second-order valence-corrected chi connectivity index (χ2v) is 5.88. The summed E-state index contributed by atoms with van der Waals surface area (Å²) in [5.74, 6) is -0.916. The summed E-state index contributed by atoms with van der Waals surface area (Å²) in [6, 6.07) is 3.05. The molecule has 1 fully saturated rings. The third kappa shape index (κ3) is 3.40. The first-order valence-electron chi connectivity index (χ1n) is 7.49. The molecule has 0 radical (unpaired) electrons. The van der Waals surface area contributed by atoms with Crippen LogP contribution in [0.1, 0.15) is 36.5 Å². The van der Waals surface area contributed by atoms with Crippen LogP contribution in [-0.2, 0) is 9.59 Å². The van der Waals surface area contributed by atoms with Gasteiger partial charge in [-0.3, -0.25) is 9.59 Å². The topological polar surface area (TPSA) is 95.9 Å². The Bertz CT molecular complexity index is 737. The fraction of sp³-hybridized carbons (Fsp3) is 0.353. The van der Waals surface area contributed by atoms with Crippen LogP contribution < -0.4 is 10.1 Å². The Balaban J connectivity index is 2.41. The molecule has 1 aliphatic rings. The molecular weight excluding hydrogens is 312 g/mol. The molecule has 0 aliphatic carbocycles. The van der Waals surface area contributed by atoms with Crippen LogP contribution in [0.5, 0.6) is 5.75 Å². The summed E-state index contributed by atoms with van der Waals surface area (Å²) < 4.78 is 5.38. The summed E-state index contributed by atoms with van der Waals surface area (Å²) >= 11 is 0. The van der Waals surface area contributed by atoms with Crippen molar-refractivity contribution < 1.29 is 24.2 Å². The van der Waals surface area contributed by atoms with Crippen LogP contribution in [-0.4, -0.2) is 41.6 Å². The number of ether oxygens (including phenoxy) is 1. The number of aryl methyl sites for hydroxylation is 1. The monoisotopic (exact) mass is 332 g/mol. The number of carbonyl (C=O) groups is 3. The molecule has 1 saturated heterocycles. The molecule has 2 N–H and O–H groups in total. The lowest BCUT2D eigenvalue weighted by Gasteiger charge is -2.15. The number of hydrogen-bond acceptors (Lipinski definition) is 4. The van der Waals surface area contributed by atoms with Gasteiger partial charge in [0.25, 0.3) is 5.91 Å². The van der Waals surface area contributed by atoms with E-state index in [0.717, 1.165) is 22.4 Å². The van der Waals surface area contributed by atoms with Gasteiger partial charge in [0.05, 0.1) is 7.11 Å². The molecule has 1 aliphatic heterocycles. The molecule has 24 heavy (non-hydrogen) atoms. The number of methoxy groups -OCH3 is 1. The first-order chi connectivity index (χ1) is 11.2. The van der Waals surface area contributed by atoms with Crippen molar-refractivity contribution >= 4 is 24.0 Å². The van der Waals surface area contributed by atoms with Gasteiger partial charge in [-0.05, 0) is 47.7 Å². The van der Waals surface area contributed by atoms with E-state index in [1.54, 1.807) is 13.2 Å². The summed E-state index contributed by atoms with van der Waals surface area (Å²) in [4.78, 5) is 35.4. The van der Waals surface area contributed by atoms with Gasteiger partial charge in [-0.2, -0.15) is 0 Å². The van der Waals surface area contributed by atoms with E-state index in [2.05, 4.69) is 5.32 Å². The number of aliphatic carboxylic acids is 1. The van der Waals surface area contributed by atoms with E-state index < -0.39 is 24.5 Å². The van der Waals surface area contributed by atoms with Gasteiger partial charge in [0.15, 0.2) is 0 Å². The van der Waals surface area contributed by atoms with E-state index in [4.69, 9.17) is 9.84 Å². The minimum absolute atomic E-state index is 0.0595. The van der Waals surface area contributed by atoms with Crippen LogP contribution >= 0.6 is 0 Å². The number of amides is 3. The Hall–Kier alpha value is -2.83. The van der Waals surface area contributed by atoms with Gasteiger partial charge in [-0.15, -0.1) is 0 Å². The molecule has 7 heteroatoms. The highest BCUT2D eigenvalue weighted by Crippen LogP contribution is 2.30. The summed E-state index contributed by atoms with van der Waals surface area (Å²) in [6.07, 6.45) is 1.56. The van der Waals surface area contributed by atoms with Crippen LogP contribution in [0.2, 0.25) is 0 Å². The van der Waals surface area contributed by atoms with Crippen molar-refractivity contribution in [1.82, 2.24) is 10.2 Å². The molecule has 0 aromatic heterocycles. The Labute approximate surface area is 139 Å². The lowest BCUT2D eigenvalue weighted by atomic mass is 9.96. The average molecular weight is 332 g/mol. The number of benzene rings is 1. The normalized spacial score (nSPS) is 16.0. The molecule has 3 amide bonds. The first kappa shape index (κ1) is 17.5. The fourth-order valence-corrected chi connectivity index (χ4v) is 2.51. The molecular formula is C17H20N2O5. The largest absolute Gasteiger partial charge is 0.496 e. The SMILES string of the molecule is COc1cc(C)c(/C=C2/NC(=O)N(CC(=O)O)C2=O)cc1C(C)C. The van der Waals surface area contributed by atoms with E-state index in [9.17, 15) is 14.4 Å². The Morgan fingerprint density at radius 3 is 2.58 bits per heavy atom. The van der Waals surface area contributed by atoms with E-state index >= 15 is 0 Å². The second-order valence-electron chi connectivity index (χ2n) is 5.88. The zero-order chi connectivity index (χ0) is 18.0. The zero-order valence-corrected chi connectivity index (χ0v) is 14.0. The zero-order valence-electron chi connectivity index (χ0n) is 14.0. The third-order valence-corrected chi connectivity index (χ3v) is 3.80. The quantitative estimate of drug-likeness (QED) is 0.636. The molecule has 7 nitrogen and oxygen atoms in total. The number of carbonyl (C=O) groups excluding carboxylic acids is 2. The molecule has 0 saturated carbocycles. The van der Waals surface area contributed by atoms with Gasteiger partial charge in [0.1, 0.15) is 18.0 Å². The molecule has 0 atom stereocenters. The van der Waals surface area contributed by atoms with Crippen LogP contribution in [0.4, 0.5) is 4.79 Å². The third-order valence-electron chi connectivity index (χ3n) is 3.80. The smallest absolute Gasteiger partial charge is 0.329 e. The number of nitrogens with zero attached hydrogens (tertiary/aromatic N) is 1. The Morgan fingerprint density at radius 1 is 1.38 bits per heavy atom. The predicted molar refractivity (Wildman–Crippen MR) is 87.7 cm³/mol. The highest BCUT2D eigenvalue weighted by atomic mass is 16.5. The van der Waals surface area contributed by atoms with Crippen molar-refractivity contribution in [3.8, 4) is 5.75 Å². The molecule has 128 valence electrons. The lowest BCUT2D eigenvalue weighted by Crippen LogP contribution is -2.35. The molecule has 0 spiro atoms. The average Bonchev–Trinajstić information content (AvgIpc) is 2.75. The van der Waals surface area contributed by atoms with Gasteiger partial charge in [0.2, 0.25) is 0 Å². The highest BCUT2D eigenvalue weighted by molar-refractivity contribution is 6.15. The van der Waals surface area contributed by atoms with Gasteiger partial charge in [-0.1, -0.05) is 13.8 Å². The van der Waals surface area contributed by atoms with E-state index in [0.29, 0.717) is 4.90 Å². The first-order valence-corrected chi connectivity index (χ1v) is 7.49. The van der Waals surface area contributed by atoms with Crippen LogP contribution in [0.25, 0.3) is 6.08 Å². The maximum atomic E-state index is 12.2. The van der Waals surface area contributed by atoms with Crippen LogP contribution in [0, 0.1) is 6.92 Å². The molecule has 0 unspecified atom stereocenters. The number of urea groups is 1. The number of carboxylic acid groups (broad SMARTS) is 1. The highest BCUT2D eigenvalue weighted by Gasteiger charge is 2.34. The molecule has 1 aromatic carbocycles. The van der Waals surface area contributed by atoms with Crippen molar-refractivity contribution in [3.05, 3.63) is 34.5 Å². The van der Waals surface area contributed by atoms with Gasteiger partial charge in [0, 0.05) is 0 Å². The Morgan fingerprint density at radius 2 is 2.04 bits per heavy atom. The fourth-order valence-electron chi connectivity index (χ4n) is 2.51. The lowest BCUT2D eigenvalue weighted by molar-refractivity contribution is -0.140. The predicted octanol–water partition coefficient (Wildman–Crippen LogP) is 2.10. The maximum Gasteiger partial charge on any atom is 0.329 e. The van der Waals surface area contributed by atoms with E-state index in [1.165, 1.54) is 0 Å². The van der Waals surface area contributed by atoms with Gasteiger partial charge in [-0.25, -0.2) is 9.69 Å². The summed E-state index contributed by atoms with van der Waals surface area (Å²) in [6.45, 7) is 5.26. The van der Waals surface area contributed by atoms with Crippen molar-refractivity contribution in [2.75, 3.05) is 13.7 Å². The molecule has 1 aromatic rings. The maximum absolute atomic E-state index is 12.2. The number of carboxylic acids is 1. The van der Waals surface area contributed by atoms with Crippen LogP contribution in [0.15, 0.2) is 17.8 Å². The number of rotatable bonds is 5. The van der Waals surface area contributed by atoms with E-state index in [-0.39, 0.29) is 11.6 Å². The van der Waals surface area contributed by atoms with E-state index in [1.807, 2.05) is 32.9 Å². The minimum Gasteiger partial charge on any atom is -0.496 e. The molecule has 2 rings (SSSR count). The van der Waals surface area contributed by atoms with Gasteiger partial charge < -0.3 is 15.2 Å². The number of imide groups is 1. The van der Waals surface area contributed by atoms with Gasteiger partial charge >= 0.3 is 12.0 Å². The summed E-state index contributed by atoms with van der Waals surface area (Å²) in [5.41, 5.74) is 2.68. The second kappa shape index (κ2) is 6.74. The summed E-state index contributed by atoms with van der Waals surface area (Å²) in [7, 11) is 1.60. The van der Waals surface area contributed by atoms with Crippen molar-refractivity contribution in [2.24, 2.45) is 0 Å². The summed E-state index contributed by atoms with van der Waals surface area (Å²) in [5, 5.41) is 11.2. The van der Waals surface area contributed by atoms with Crippen molar-refractivity contribution in [3.63, 3.8) is 0 Å².